The van der Waals surface area contributed by atoms with Gasteiger partial charge in [-0.25, -0.2) is 0 Å². The molecular formula is C39H80NO2P. The Labute approximate surface area is 274 Å². The lowest BCUT2D eigenvalue weighted by Crippen LogP contribution is -2.37. The lowest BCUT2D eigenvalue weighted by Gasteiger charge is -2.23. The highest BCUT2D eigenvalue weighted by atomic mass is 31.1. The zero-order valence-electron chi connectivity index (χ0n) is 30.3. The molecule has 0 bridgehead atoms. The van der Waals surface area contributed by atoms with Gasteiger partial charge >= 0.3 is 0 Å². The molecule has 0 heterocycles. The summed E-state index contributed by atoms with van der Waals surface area (Å²) in [6.07, 6.45) is 44.9. The molecule has 0 amide bonds. The van der Waals surface area contributed by atoms with Crippen LogP contribution in [0.3, 0.4) is 0 Å². The van der Waals surface area contributed by atoms with E-state index in [-0.39, 0.29) is 5.48 Å². The number of hydrogen-bond acceptors (Lipinski definition) is 2. The average Bonchev–Trinajstić information content (AvgIpc) is 2.97. The summed E-state index contributed by atoms with van der Waals surface area (Å²) in [6, 6.07) is 0. The maximum atomic E-state index is 11.9. The highest BCUT2D eigenvalue weighted by molar-refractivity contribution is 7.34. The fourth-order valence-electron chi connectivity index (χ4n) is 5.95. The van der Waals surface area contributed by atoms with Crippen molar-refractivity contribution in [3.63, 3.8) is 0 Å². The van der Waals surface area contributed by atoms with Gasteiger partial charge in [0, 0.05) is 8.43 Å². The first-order valence-electron chi connectivity index (χ1n) is 19.6. The van der Waals surface area contributed by atoms with Crippen molar-refractivity contribution in [1.82, 2.24) is 0 Å². The Morgan fingerprint density at radius 2 is 0.698 bits per heavy atom. The smallest absolute Gasteiger partial charge is 0.106 e. The molecule has 0 saturated heterocycles. The van der Waals surface area contributed by atoms with Gasteiger partial charge in [-0.1, -0.05) is 206 Å². The van der Waals surface area contributed by atoms with Crippen LogP contribution in [0.25, 0.3) is 0 Å². The molecule has 0 aliphatic heterocycles. The van der Waals surface area contributed by atoms with E-state index in [0.717, 1.165) is 17.4 Å². The van der Waals surface area contributed by atoms with Crippen LogP contribution in [0.15, 0.2) is 0 Å². The van der Waals surface area contributed by atoms with Crippen molar-refractivity contribution in [2.45, 2.75) is 212 Å². The van der Waals surface area contributed by atoms with Gasteiger partial charge < -0.3 is 14.1 Å². The molecule has 0 aromatic heterocycles. The minimum atomic E-state index is 0.247. The van der Waals surface area contributed by atoms with Crippen LogP contribution in [0.5, 0.6) is 0 Å². The second-order valence-electron chi connectivity index (χ2n) is 14.7. The molecule has 0 fully saturated rings. The number of unbranched alkanes of at least 4 members (excludes halogenated alkanes) is 30. The summed E-state index contributed by atoms with van der Waals surface area (Å²) in [5.41, 5.74) is 0.247. The monoisotopic (exact) mass is 626 g/mol. The van der Waals surface area contributed by atoms with Gasteiger partial charge in [-0.2, -0.15) is 0 Å². The summed E-state index contributed by atoms with van der Waals surface area (Å²) in [7, 11) is 6.99. The summed E-state index contributed by atoms with van der Waals surface area (Å²) >= 11 is 0. The quantitative estimate of drug-likeness (QED) is 0.0394. The normalized spacial score (nSPS) is 12.4. The maximum absolute atomic E-state index is 11.9. The lowest BCUT2D eigenvalue weighted by molar-refractivity contribution is -0.870. The third-order valence-corrected chi connectivity index (χ3v) is 9.75. The van der Waals surface area contributed by atoms with Gasteiger partial charge in [-0.05, 0) is 6.42 Å². The van der Waals surface area contributed by atoms with E-state index >= 15 is 0 Å². The Kier molecular flexibility index (Phi) is 35.0. The van der Waals surface area contributed by atoms with Crippen molar-refractivity contribution in [3.8, 4) is 0 Å². The van der Waals surface area contributed by atoms with Crippen LogP contribution >= 0.6 is 8.43 Å². The Morgan fingerprint density at radius 3 is 0.953 bits per heavy atom. The van der Waals surface area contributed by atoms with E-state index in [1.807, 2.05) is 0 Å². The predicted molar refractivity (Wildman–Crippen MR) is 194 cm³/mol. The molecule has 0 aromatic rings. The molecule has 3 nitrogen and oxygen atoms in total. The molecule has 4 heteroatoms. The first-order valence-corrected chi connectivity index (χ1v) is 20.4. The molecule has 258 valence electrons. The predicted octanol–water partition coefficient (Wildman–Crippen LogP) is 12.6. The molecule has 0 atom stereocenters. The third kappa shape index (κ3) is 40.0. The van der Waals surface area contributed by atoms with Crippen LogP contribution in [0.2, 0.25) is 0 Å². The van der Waals surface area contributed by atoms with Crippen LogP contribution in [0.1, 0.15) is 212 Å². The summed E-state index contributed by atoms with van der Waals surface area (Å²) < 4.78 is 6.38. The van der Waals surface area contributed by atoms with E-state index in [9.17, 15) is 5.11 Å². The van der Waals surface area contributed by atoms with Crippen LogP contribution < -0.4 is 5.11 Å². The van der Waals surface area contributed by atoms with Crippen molar-refractivity contribution in [3.05, 3.63) is 0 Å². The zero-order chi connectivity index (χ0) is 31.5. The SMILES string of the molecule is CCCCCCCCCCCCCCCCCCCCCCCCCCCCCCCCCC([O-])=POCC[N+](C)(C)C. The van der Waals surface area contributed by atoms with E-state index in [4.69, 9.17) is 4.52 Å². The van der Waals surface area contributed by atoms with Gasteiger partial charge in [0.1, 0.15) is 13.2 Å². The number of likely N-dealkylation sites (N-methyl/N-ethyl adjacent to an activating group) is 1. The van der Waals surface area contributed by atoms with Crippen molar-refractivity contribution in [2.24, 2.45) is 0 Å². The molecule has 0 aliphatic rings. The Balaban J connectivity index is 3.14. The molecule has 0 radical (unpaired) electrons. The second kappa shape index (κ2) is 34.9. The number of hydrogen-bond donors (Lipinski definition) is 0. The van der Waals surface area contributed by atoms with E-state index in [0.29, 0.717) is 21.5 Å². The van der Waals surface area contributed by atoms with Gasteiger partial charge in [-0.3, -0.25) is 0 Å². The molecule has 0 spiro atoms. The highest BCUT2D eigenvalue weighted by Gasteiger charge is 2.05. The van der Waals surface area contributed by atoms with Crippen molar-refractivity contribution >= 4 is 13.9 Å². The Bertz CT molecular complexity index is 560. The number of nitrogens with zero attached hydrogens (tertiary/aromatic N) is 1. The topological polar surface area (TPSA) is 32.3 Å². The molecule has 0 N–H and O–H groups in total. The minimum Gasteiger partial charge on any atom is -0.826 e. The summed E-state index contributed by atoms with van der Waals surface area (Å²) in [6.45, 7) is 3.91. The molecule has 0 aliphatic carbocycles. The molecule has 43 heavy (non-hydrogen) atoms. The third-order valence-electron chi connectivity index (χ3n) is 9.01. The molecule has 0 unspecified atom stereocenters. The summed E-state index contributed by atoms with van der Waals surface area (Å²) in [5, 5.41) is 11.9. The fraction of sp³-hybridized carbons (Fsp3) is 0.974. The van der Waals surface area contributed by atoms with Gasteiger partial charge in [-0.15, -0.1) is 5.48 Å². The van der Waals surface area contributed by atoms with Gasteiger partial charge in [0.05, 0.1) is 21.1 Å². The highest BCUT2D eigenvalue weighted by Crippen LogP contribution is 2.17. The minimum absolute atomic E-state index is 0.247. The average molecular weight is 626 g/mol. The van der Waals surface area contributed by atoms with Gasteiger partial charge in [0.2, 0.25) is 0 Å². The van der Waals surface area contributed by atoms with Crippen molar-refractivity contribution in [1.29, 1.82) is 0 Å². The Hall–Kier alpha value is 0.0500. The molecule has 0 aromatic carbocycles. The zero-order valence-corrected chi connectivity index (χ0v) is 31.1. The van der Waals surface area contributed by atoms with E-state index in [1.165, 1.54) is 193 Å². The van der Waals surface area contributed by atoms with Crippen LogP contribution in [0, 0.1) is 0 Å². The fourth-order valence-corrected chi connectivity index (χ4v) is 6.52. The maximum Gasteiger partial charge on any atom is 0.106 e. The van der Waals surface area contributed by atoms with Gasteiger partial charge in [0.15, 0.2) is 0 Å². The van der Waals surface area contributed by atoms with E-state index in [1.54, 1.807) is 0 Å². The standard InChI is InChI=1S/C39H80NO2P/c1-5-6-7-8-9-10-11-12-13-14-15-16-17-18-19-20-21-22-23-24-25-26-27-28-29-30-31-32-33-34-35-36-39(41)43-42-38-37-40(2,3)4/h5-38H2,1-4H3. The number of rotatable bonds is 36. The number of quaternary nitrogens is 1. The Morgan fingerprint density at radius 1 is 0.442 bits per heavy atom. The largest absolute Gasteiger partial charge is 0.826 e. The van der Waals surface area contributed by atoms with Crippen LogP contribution in [-0.4, -0.2) is 44.3 Å². The van der Waals surface area contributed by atoms with Crippen LogP contribution in [0.4, 0.5) is 0 Å². The first kappa shape index (κ1) is 43.0. The summed E-state index contributed by atoms with van der Waals surface area (Å²) in [4.78, 5) is 0. The molecular weight excluding hydrogens is 545 g/mol. The van der Waals surface area contributed by atoms with Crippen molar-refractivity contribution in [2.75, 3.05) is 34.3 Å². The first-order chi connectivity index (χ1) is 21.0. The van der Waals surface area contributed by atoms with Gasteiger partial charge in [0.25, 0.3) is 0 Å². The second-order valence-corrected chi connectivity index (χ2v) is 15.6. The summed E-state index contributed by atoms with van der Waals surface area (Å²) in [5.74, 6) is 0. The van der Waals surface area contributed by atoms with Crippen LogP contribution in [-0.2, 0) is 4.52 Å². The van der Waals surface area contributed by atoms with E-state index < -0.39 is 0 Å². The molecule has 0 saturated carbocycles. The lowest BCUT2D eigenvalue weighted by atomic mass is 10.0. The van der Waals surface area contributed by atoms with E-state index in [2.05, 4.69) is 28.1 Å². The van der Waals surface area contributed by atoms with Crippen molar-refractivity contribution < 1.29 is 14.1 Å². The molecule has 0 rings (SSSR count).